The van der Waals surface area contributed by atoms with Crippen LogP contribution in [0.25, 0.3) is 0 Å². The van der Waals surface area contributed by atoms with Crippen LogP contribution < -0.4 is 4.74 Å². The van der Waals surface area contributed by atoms with Crippen molar-refractivity contribution in [3.8, 4) is 5.75 Å². The summed E-state index contributed by atoms with van der Waals surface area (Å²) in [5, 5.41) is 0. The van der Waals surface area contributed by atoms with Crippen LogP contribution >= 0.6 is 0 Å². The highest BCUT2D eigenvalue weighted by atomic mass is 16.5. The summed E-state index contributed by atoms with van der Waals surface area (Å²) in [4.78, 5) is 23.8. The summed E-state index contributed by atoms with van der Waals surface area (Å²) in [5.74, 6) is 0.223. The number of carbonyl (C=O) groups is 2. The smallest absolute Gasteiger partial charge is 0.324 e. The zero-order valence-electron chi connectivity index (χ0n) is 15.4. The molecule has 0 unspecified atom stereocenters. The molecule has 1 aliphatic rings. The van der Waals surface area contributed by atoms with E-state index in [0.717, 1.165) is 23.0 Å². The van der Waals surface area contributed by atoms with Gasteiger partial charge in [0.15, 0.2) is 0 Å². The molecule has 0 amide bonds. The number of hydrogen-bond donors (Lipinski definition) is 0. The Labute approximate surface area is 139 Å². The predicted octanol–water partition coefficient (Wildman–Crippen LogP) is 4.47. The molecule has 0 aliphatic heterocycles. The van der Waals surface area contributed by atoms with Gasteiger partial charge >= 0.3 is 5.97 Å². The van der Waals surface area contributed by atoms with E-state index >= 15 is 0 Å². The lowest BCUT2D eigenvalue weighted by molar-refractivity contribution is -0.142. The van der Waals surface area contributed by atoms with Crippen LogP contribution in [0.3, 0.4) is 0 Å². The number of hydrogen-bond acceptors (Lipinski definition) is 3. The lowest BCUT2D eigenvalue weighted by Crippen LogP contribution is -2.27. The number of carbonyl (C=O) groups excluding carboxylic acids is 2. The maximum absolute atomic E-state index is 12.5. The summed E-state index contributed by atoms with van der Waals surface area (Å²) in [7, 11) is 0. The van der Waals surface area contributed by atoms with Crippen LogP contribution in [0.1, 0.15) is 71.1 Å². The van der Waals surface area contributed by atoms with Crippen LogP contribution in [0.5, 0.6) is 5.75 Å². The Morgan fingerprint density at radius 2 is 1.48 bits per heavy atom. The van der Waals surface area contributed by atoms with Gasteiger partial charge in [0.2, 0.25) is 0 Å². The average molecular weight is 316 g/mol. The van der Waals surface area contributed by atoms with Crippen LogP contribution in [-0.2, 0) is 20.4 Å². The molecule has 3 nitrogen and oxygen atoms in total. The summed E-state index contributed by atoms with van der Waals surface area (Å²) >= 11 is 0. The largest absolute Gasteiger partial charge is 0.425 e. The minimum Gasteiger partial charge on any atom is -0.425 e. The number of esters is 1. The fourth-order valence-corrected chi connectivity index (χ4v) is 2.70. The lowest BCUT2D eigenvalue weighted by atomic mass is 9.78. The van der Waals surface area contributed by atoms with E-state index in [-0.39, 0.29) is 10.8 Å². The molecule has 1 fully saturated rings. The van der Waals surface area contributed by atoms with Gasteiger partial charge in [0.05, 0.1) is 0 Å². The quantitative estimate of drug-likeness (QED) is 0.357. The van der Waals surface area contributed by atoms with Crippen LogP contribution in [-0.4, -0.2) is 12.3 Å². The molecule has 1 aromatic rings. The van der Waals surface area contributed by atoms with E-state index < -0.39 is 11.4 Å². The normalized spacial score (nSPS) is 16.8. The fourth-order valence-electron chi connectivity index (χ4n) is 2.70. The zero-order valence-corrected chi connectivity index (χ0v) is 15.4. The maximum Gasteiger partial charge on any atom is 0.324 e. The van der Waals surface area contributed by atoms with Crippen LogP contribution in [0.4, 0.5) is 0 Å². The molecule has 0 heterocycles. The third-order valence-electron chi connectivity index (χ3n) is 4.46. The van der Waals surface area contributed by atoms with Gasteiger partial charge in [-0.2, -0.15) is 0 Å². The van der Waals surface area contributed by atoms with Crippen molar-refractivity contribution in [3.05, 3.63) is 28.8 Å². The molecule has 0 spiro atoms. The van der Waals surface area contributed by atoms with E-state index in [9.17, 15) is 9.59 Å². The van der Waals surface area contributed by atoms with E-state index in [1.165, 1.54) is 0 Å². The van der Waals surface area contributed by atoms with Gasteiger partial charge in [-0.3, -0.25) is 4.79 Å². The SMILES string of the molecule is Cc1cc(C(C)(C)C)c(OC(=O)C2(C=O)CC2)c(C(C)(C)C)c1. The molecule has 3 heteroatoms. The monoisotopic (exact) mass is 316 g/mol. The highest BCUT2D eigenvalue weighted by molar-refractivity contribution is 5.97. The molecule has 23 heavy (non-hydrogen) atoms. The number of aryl methyl sites for hydroxylation is 1. The van der Waals surface area contributed by atoms with Crippen LogP contribution in [0, 0.1) is 12.3 Å². The van der Waals surface area contributed by atoms with Gasteiger partial charge in [-0.1, -0.05) is 59.2 Å². The maximum atomic E-state index is 12.5. The third-order valence-corrected chi connectivity index (χ3v) is 4.46. The summed E-state index contributed by atoms with van der Waals surface area (Å²) in [6, 6.07) is 4.16. The first-order valence-electron chi connectivity index (χ1n) is 8.25. The molecule has 1 saturated carbocycles. The van der Waals surface area contributed by atoms with Crippen molar-refractivity contribution in [1.29, 1.82) is 0 Å². The Bertz CT molecular complexity index is 603. The third kappa shape index (κ3) is 3.49. The number of rotatable bonds is 3. The first kappa shape index (κ1) is 17.7. The van der Waals surface area contributed by atoms with Crippen molar-refractivity contribution in [3.63, 3.8) is 0 Å². The van der Waals surface area contributed by atoms with E-state index in [1.807, 2.05) is 0 Å². The minimum absolute atomic E-state index is 0.153. The van der Waals surface area contributed by atoms with Gasteiger partial charge in [0.1, 0.15) is 17.5 Å². The molecule has 2 rings (SSSR count). The van der Waals surface area contributed by atoms with E-state index in [4.69, 9.17) is 4.74 Å². The fraction of sp³-hybridized carbons (Fsp3) is 0.600. The van der Waals surface area contributed by atoms with Crippen molar-refractivity contribution in [1.82, 2.24) is 0 Å². The highest BCUT2D eigenvalue weighted by Crippen LogP contribution is 2.47. The molecular weight excluding hydrogens is 288 g/mol. The Morgan fingerprint density at radius 3 is 1.78 bits per heavy atom. The Balaban J connectivity index is 2.59. The standard InChI is InChI=1S/C20H28O3/c1-13-10-14(18(2,3)4)16(15(11-13)19(5,6)7)23-17(22)20(12-21)8-9-20/h10-12H,8-9H2,1-7H3. The predicted molar refractivity (Wildman–Crippen MR) is 91.9 cm³/mol. The summed E-state index contributed by atoms with van der Waals surface area (Å²) in [5.41, 5.74) is 1.96. The Morgan fingerprint density at radius 1 is 1.04 bits per heavy atom. The van der Waals surface area contributed by atoms with Crippen LogP contribution in [0.15, 0.2) is 12.1 Å². The van der Waals surface area contributed by atoms with Gasteiger partial charge in [0, 0.05) is 11.1 Å². The van der Waals surface area contributed by atoms with Gasteiger partial charge in [-0.25, -0.2) is 0 Å². The molecule has 0 aromatic heterocycles. The topological polar surface area (TPSA) is 43.4 Å². The summed E-state index contributed by atoms with van der Waals surface area (Å²) < 4.78 is 5.83. The van der Waals surface area contributed by atoms with E-state index in [1.54, 1.807) is 0 Å². The minimum atomic E-state index is -0.908. The van der Waals surface area contributed by atoms with Gasteiger partial charge in [-0.15, -0.1) is 0 Å². The molecule has 1 aromatic carbocycles. The lowest BCUT2D eigenvalue weighted by Gasteiger charge is -2.30. The molecule has 1 aliphatic carbocycles. The van der Waals surface area contributed by atoms with Gasteiger partial charge in [0.25, 0.3) is 0 Å². The number of benzene rings is 1. The highest BCUT2D eigenvalue weighted by Gasteiger charge is 2.52. The first-order chi connectivity index (χ1) is 10.4. The van der Waals surface area contributed by atoms with Crippen molar-refractivity contribution in [2.24, 2.45) is 5.41 Å². The molecular formula is C20H28O3. The van der Waals surface area contributed by atoms with Gasteiger partial charge in [-0.05, 0) is 30.6 Å². The van der Waals surface area contributed by atoms with Crippen molar-refractivity contribution >= 4 is 12.3 Å². The molecule has 126 valence electrons. The molecule has 0 radical (unpaired) electrons. The molecule has 0 saturated heterocycles. The zero-order chi connectivity index (χ0) is 17.6. The second kappa shape index (κ2) is 5.47. The Hall–Kier alpha value is -1.64. The molecule has 0 N–H and O–H groups in total. The Kier molecular flexibility index (Phi) is 4.21. The van der Waals surface area contributed by atoms with Gasteiger partial charge < -0.3 is 9.53 Å². The van der Waals surface area contributed by atoms with Crippen molar-refractivity contribution < 1.29 is 14.3 Å². The first-order valence-corrected chi connectivity index (χ1v) is 8.25. The average Bonchev–Trinajstić information content (AvgIpc) is 3.18. The summed E-state index contributed by atoms with van der Waals surface area (Å²) in [6.45, 7) is 14.7. The second-order valence-corrected chi connectivity index (χ2v) is 8.85. The summed E-state index contributed by atoms with van der Waals surface area (Å²) in [6.07, 6.45) is 1.94. The van der Waals surface area contributed by atoms with Crippen molar-refractivity contribution in [2.45, 2.75) is 72.1 Å². The molecule has 0 atom stereocenters. The van der Waals surface area contributed by atoms with E-state index in [2.05, 4.69) is 60.6 Å². The number of ether oxygens (including phenoxy) is 1. The van der Waals surface area contributed by atoms with E-state index in [0.29, 0.717) is 18.6 Å². The van der Waals surface area contributed by atoms with Crippen molar-refractivity contribution in [2.75, 3.05) is 0 Å². The second-order valence-electron chi connectivity index (χ2n) is 8.85. The van der Waals surface area contributed by atoms with Crippen LogP contribution in [0.2, 0.25) is 0 Å². The number of aldehydes is 1. The molecule has 0 bridgehead atoms.